The topological polar surface area (TPSA) is 34.0 Å². The van der Waals surface area contributed by atoms with Gasteiger partial charge in [-0.2, -0.15) is 0 Å². The van der Waals surface area contributed by atoms with Gasteiger partial charge in [-0.25, -0.2) is 9.97 Å². The molecule has 0 amide bonds. The van der Waals surface area contributed by atoms with E-state index in [1.54, 1.807) is 5.57 Å². The Hall–Kier alpha value is -6.00. The molecule has 0 bridgehead atoms. The van der Waals surface area contributed by atoms with Crippen LogP contribution in [-0.4, -0.2) is 31.5 Å². The van der Waals surface area contributed by atoms with Gasteiger partial charge in [0.2, 0.25) is 5.95 Å². The van der Waals surface area contributed by atoms with E-state index >= 15 is 0 Å². The third kappa shape index (κ3) is 5.48. The van der Waals surface area contributed by atoms with Crippen molar-refractivity contribution < 1.29 is 0 Å². The average Bonchev–Trinajstić information content (AvgIpc) is 3.82. The summed E-state index contributed by atoms with van der Waals surface area (Å²) in [5.74, 6) is 2.55. The number of rotatable bonds is 5. The number of para-hydroxylation sites is 1. The lowest BCUT2D eigenvalue weighted by atomic mass is 9.73. The molecule has 1 fully saturated rings. The molecule has 6 atom stereocenters. The first-order valence-electron chi connectivity index (χ1n) is 21.7. The molecule has 1 saturated heterocycles. The summed E-state index contributed by atoms with van der Waals surface area (Å²) < 4.78 is 2.37. The van der Waals surface area contributed by atoms with Gasteiger partial charge in [-0.1, -0.05) is 134 Å². The largest absolute Gasteiger partial charge is 0.361 e. The molecule has 58 heavy (non-hydrogen) atoms. The first-order chi connectivity index (χ1) is 28.8. The van der Waals surface area contributed by atoms with Crippen LogP contribution in [0.1, 0.15) is 61.9 Å². The Morgan fingerprint density at radius 3 is 2.50 bits per heavy atom. The van der Waals surface area contributed by atoms with Gasteiger partial charge in [-0.3, -0.25) is 4.57 Å². The van der Waals surface area contributed by atoms with Crippen LogP contribution in [0, 0.1) is 23.7 Å². The van der Waals surface area contributed by atoms with Crippen molar-refractivity contribution in [1.82, 2.24) is 19.4 Å². The number of fused-ring (bicyclic) bond motifs is 9. The molecule has 0 saturated carbocycles. The maximum atomic E-state index is 5.51. The Bertz CT molecular complexity index is 2840. The highest BCUT2D eigenvalue weighted by Gasteiger charge is 2.46. The van der Waals surface area contributed by atoms with Gasteiger partial charge in [0.1, 0.15) is 0 Å². The van der Waals surface area contributed by atoms with Gasteiger partial charge in [-0.05, 0) is 121 Å². The van der Waals surface area contributed by atoms with E-state index in [-0.39, 0.29) is 0 Å². The summed E-state index contributed by atoms with van der Waals surface area (Å²) in [6.07, 6.45) is 47.2. The number of likely N-dealkylation sites (tertiary alicyclic amines) is 1. The van der Waals surface area contributed by atoms with Crippen LogP contribution < -0.4 is 0 Å². The maximum Gasteiger partial charge on any atom is 0.235 e. The standard InChI is InChI=1S/C54H48N4/c1-3-13-35(14-4-1)36-23-25-38(26-24-36)53-44-20-9-11-21-47(44)55-54(56-53)58-50-31-29-40(34-46(50)52-42-18-8-7-15-37(42)27-32-51(52)58)39-28-30-49-45(33-39)43-19-10-12-22-48(43)57(49)41-16-5-2-6-17-41/h2-3,5,7-16,18-23,25-27,29,31-33,36,39-40,43,48-49H,1,4,6,17,24,28,30,34H2. The van der Waals surface area contributed by atoms with Crippen LogP contribution in [0.5, 0.6) is 0 Å². The summed E-state index contributed by atoms with van der Waals surface area (Å²) in [4.78, 5) is 13.6. The molecule has 1 aliphatic heterocycles. The van der Waals surface area contributed by atoms with Crippen LogP contribution in [-0.2, 0) is 6.42 Å². The van der Waals surface area contributed by atoms with Crippen LogP contribution in [0.25, 0.3) is 50.2 Å². The molecule has 12 rings (SSSR count). The molecule has 6 aliphatic carbocycles. The van der Waals surface area contributed by atoms with Crippen LogP contribution in [0.15, 0.2) is 169 Å². The first-order valence-corrected chi connectivity index (χ1v) is 21.7. The van der Waals surface area contributed by atoms with Crippen molar-refractivity contribution in [3.8, 4) is 5.95 Å². The fourth-order valence-corrected chi connectivity index (χ4v) is 11.4. The van der Waals surface area contributed by atoms with E-state index in [0.29, 0.717) is 35.8 Å². The van der Waals surface area contributed by atoms with Crippen LogP contribution in [0.4, 0.5) is 0 Å². The predicted molar refractivity (Wildman–Crippen MR) is 240 cm³/mol. The van der Waals surface area contributed by atoms with Gasteiger partial charge in [0.15, 0.2) is 0 Å². The average molecular weight is 753 g/mol. The normalized spacial score (nSPS) is 27.1. The molecule has 0 N–H and O–H groups in total. The highest BCUT2D eigenvalue weighted by Crippen LogP contribution is 2.49. The summed E-state index contributed by atoms with van der Waals surface area (Å²) in [5, 5.41) is 5.03. The molecule has 4 heteroatoms. The summed E-state index contributed by atoms with van der Waals surface area (Å²) in [6.45, 7) is 0. The van der Waals surface area contributed by atoms with Crippen LogP contribution >= 0.6 is 0 Å². The van der Waals surface area contributed by atoms with Gasteiger partial charge >= 0.3 is 0 Å². The molecule has 284 valence electrons. The van der Waals surface area contributed by atoms with E-state index in [9.17, 15) is 0 Å². The Labute approximate surface area is 341 Å². The molecule has 2 aromatic heterocycles. The Morgan fingerprint density at radius 1 is 0.707 bits per heavy atom. The highest BCUT2D eigenvalue weighted by atomic mass is 15.2. The van der Waals surface area contributed by atoms with Crippen molar-refractivity contribution in [3.63, 3.8) is 0 Å². The lowest BCUT2D eigenvalue weighted by molar-refractivity contribution is 0.243. The minimum atomic E-state index is 0.419. The fourth-order valence-electron chi connectivity index (χ4n) is 11.4. The number of hydrogen-bond acceptors (Lipinski definition) is 3. The third-order valence-electron chi connectivity index (χ3n) is 14.1. The number of benzene rings is 3. The summed E-state index contributed by atoms with van der Waals surface area (Å²) in [5.41, 5.74) is 11.6. The fraction of sp³-hybridized carbons (Fsp3) is 0.259. The SMILES string of the molecule is C1=CCCC(N2C3CCC(C4C=Cc5c(c6c7ccccc7ccc6n5-c5nc(C6=CCC(C7=CCCC=C7)C=C6)c6ccccc6n5)C4)C=C3C3C=CC=CC32)=C1. The van der Waals surface area contributed by atoms with E-state index in [4.69, 9.17) is 9.97 Å². The minimum Gasteiger partial charge on any atom is -0.361 e. The number of allylic oxidation sites excluding steroid dienone is 16. The minimum absolute atomic E-state index is 0.419. The first kappa shape index (κ1) is 34.1. The van der Waals surface area contributed by atoms with Gasteiger partial charge in [0, 0.05) is 28.3 Å². The zero-order valence-electron chi connectivity index (χ0n) is 32.9. The molecule has 7 aliphatic rings. The van der Waals surface area contributed by atoms with Gasteiger partial charge in [0.05, 0.1) is 34.5 Å². The molecule has 3 heterocycles. The van der Waals surface area contributed by atoms with Crippen LogP contribution in [0.3, 0.4) is 0 Å². The Kier molecular flexibility index (Phi) is 8.13. The smallest absolute Gasteiger partial charge is 0.235 e. The molecule has 4 nitrogen and oxygen atoms in total. The number of aromatic nitrogens is 3. The van der Waals surface area contributed by atoms with Crippen molar-refractivity contribution >= 4 is 44.2 Å². The molecule has 0 spiro atoms. The van der Waals surface area contributed by atoms with Crippen molar-refractivity contribution in [3.05, 3.63) is 186 Å². The zero-order chi connectivity index (χ0) is 38.2. The lowest BCUT2D eigenvalue weighted by Gasteiger charge is -2.37. The van der Waals surface area contributed by atoms with E-state index in [2.05, 4.69) is 167 Å². The Morgan fingerprint density at radius 2 is 1.62 bits per heavy atom. The summed E-state index contributed by atoms with van der Waals surface area (Å²) >= 11 is 0. The van der Waals surface area contributed by atoms with Gasteiger partial charge in [0.25, 0.3) is 0 Å². The molecule has 3 aromatic carbocycles. The van der Waals surface area contributed by atoms with E-state index < -0.39 is 0 Å². The van der Waals surface area contributed by atoms with Crippen molar-refractivity contribution in [1.29, 1.82) is 0 Å². The monoisotopic (exact) mass is 752 g/mol. The highest BCUT2D eigenvalue weighted by molar-refractivity contribution is 6.10. The van der Waals surface area contributed by atoms with E-state index in [1.807, 2.05) is 0 Å². The zero-order valence-corrected chi connectivity index (χ0v) is 32.9. The van der Waals surface area contributed by atoms with E-state index in [0.717, 1.165) is 61.1 Å². The van der Waals surface area contributed by atoms with Crippen LogP contribution in [0.2, 0.25) is 0 Å². The number of nitrogens with zero attached hydrogens (tertiary/aromatic N) is 4. The second-order valence-corrected chi connectivity index (χ2v) is 17.3. The molecular formula is C54H48N4. The molecule has 0 radical (unpaired) electrons. The Balaban J connectivity index is 0.954. The summed E-state index contributed by atoms with van der Waals surface area (Å²) in [7, 11) is 0. The van der Waals surface area contributed by atoms with Gasteiger partial charge < -0.3 is 4.90 Å². The maximum absolute atomic E-state index is 5.51. The number of hydrogen-bond donors (Lipinski definition) is 0. The second kappa shape index (κ2) is 13.8. The summed E-state index contributed by atoms with van der Waals surface area (Å²) in [6, 6.07) is 23.0. The van der Waals surface area contributed by atoms with E-state index in [1.165, 1.54) is 62.6 Å². The van der Waals surface area contributed by atoms with Crippen molar-refractivity contribution in [2.24, 2.45) is 23.7 Å². The molecule has 6 unspecified atom stereocenters. The second-order valence-electron chi connectivity index (χ2n) is 17.3. The molecular weight excluding hydrogens is 705 g/mol. The van der Waals surface area contributed by atoms with Gasteiger partial charge in [-0.15, -0.1) is 0 Å². The lowest BCUT2D eigenvalue weighted by Crippen LogP contribution is -2.37. The molecule has 5 aromatic rings. The van der Waals surface area contributed by atoms with Crippen molar-refractivity contribution in [2.45, 2.75) is 63.5 Å². The third-order valence-corrected chi connectivity index (χ3v) is 14.1. The quantitative estimate of drug-likeness (QED) is 0.168. The predicted octanol–water partition coefficient (Wildman–Crippen LogP) is 12.5. The van der Waals surface area contributed by atoms with Crippen molar-refractivity contribution in [2.75, 3.05) is 0 Å².